The van der Waals surface area contributed by atoms with Gasteiger partial charge in [0.25, 0.3) is 0 Å². The monoisotopic (exact) mass is 173 g/mol. The molecule has 4 N–H and O–H groups in total. The molecule has 0 bridgehead atoms. The van der Waals surface area contributed by atoms with Crippen LogP contribution in [-0.4, -0.2) is 25.7 Å². The Morgan fingerprint density at radius 2 is 1.92 bits per heavy atom. The number of amides is 2. The zero-order valence-electron chi connectivity index (χ0n) is 7.73. The number of hydrogen-bond acceptors (Lipinski definition) is 2. The van der Waals surface area contributed by atoms with E-state index in [0.717, 1.165) is 25.8 Å². The lowest BCUT2D eigenvalue weighted by atomic mass is 10.3. The van der Waals surface area contributed by atoms with Crippen LogP contribution >= 0.6 is 0 Å². The quantitative estimate of drug-likeness (QED) is 0.510. The second-order valence-corrected chi connectivity index (χ2v) is 2.68. The number of urea groups is 1. The Labute approximate surface area is 73.9 Å². The molecule has 12 heavy (non-hydrogen) atoms. The van der Waals surface area contributed by atoms with E-state index in [1.807, 2.05) is 6.92 Å². The van der Waals surface area contributed by atoms with E-state index < -0.39 is 0 Å². The fourth-order valence-electron chi connectivity index (χ4n) is 0.772. The van der Waals surface area contributed by atoms with Crippen LogP contribution in [0.5, 0.6) is 0 Å². The smallest absolute Gasteiger partial charge is 0.314 e. The molecule has 4 heteroatoms. The van der Waals surface area contributed by atoms with Crippen molar-refractivity contribution in [1.82, 2.24) is 10.6 Å². The molecule has 0 heterocycles. The standard InChI is InChI=1S/C8H19N3O/c1-2-6-10-8(12)11-7-4-3-5-9/h2-7,9H2,1H3,(H2,10,11,12). The van der Waals surface area contributed by atoms with Gasteiger partial charge in [0.15, 0.2) is 0 Å². The zero-order chi connectivity index (χ0) is 9.23. The van der Waals surface area contributed by atoms with E-state index in [9.17, 15) is 4.79 Å². The van der Waals surface area contributed by atoms with Gasteiger partial charge in [0.1, 0.15) is 0 Å². The summed E-state index contributed by atoms with van der Waals surface area (Å²) in [5.74, 6) is 0. The van der Waals surface area contributed by atoms with Crippen LogP contribution in [0.4, 0.5) is 4.79 Å². The van der Waals surface area contributed by atoms with Crippen LogP contribution in [-0.2, 0) is 0 Å². The van der Waals surface area contributed by atoms with E-state index in [2.05, 4.69) is 10.6 Å². The van der Waals surface area contributed by atoms with Crippen molar-refractivity contribution >= 4 is 6.03 Å². The van der Waals surface area contributed by atoms with Crippen LogP contribution in [0, 0.1) is 0 Å². The van der Waals surface area contributed by atoms with Gasteiger partial charge in [-0.05, 0) is 25.8 Å². The van der Waals surface area contributed by atoms with Crippen molar-refractivity contribution in [2.24, 2.45) is 5.73 Å². The number of rotatable bonds is 6. The predicted molar refractivity (Wildman–Crippen MR) is 50.0 cm³/mol. The highest BCUT2D eigenvalue weighted by atomic mass is 16.2. The molecule has 0 fully saturated rings. The van der Waals surface area contributed by atoms with Crippen LogP contribution in [0.3, 0.4) is 0 Å². The minimum absolute atomic E-state index is 0.0751. The Hall–Kier alpha value is -0.770. The van der Waals surface area contributed by atoms with E-state index in [-0.39, 0.29) is 6.03 Å². The Bertz CT molecular complexity index is 117. The Morgan fingerprint density at radius 3 is 2.50 bits per heavy atom. The zero-order valence-corrected chi connectivity index (χ0v) is 7.73. The molecule has 72 valence electrons. The van der Waals surface area contributed by atoms with Gasteiger partial charge in [0.2, 0.25) is 0 Å². The third kappa shape index (κ3) is 7.34. The SMILES string of the molecule is CCCNC(=O)NCCCCN. The molecule has 0 spiro atoms. The maximum Gasteiger partial charge on any atom is 0.314 e. The summed E-state index contributed by atoms with van der Waals surface area (Å²) in [5, 5.41) is 5.47. The van der Waals surface area contributed by atoms with Crippen molar-refractivity contribution in [3.8, 4) is 0 Å². The number of unbranched alkanes of at least 4 members (excludes halogenated alkanes) is 1. The van der Waals surface area contributed by atoms with Gasteiger partial charge in [-0.3, -0.25) is 0 Å². The second-order valence-electron chi connectivity index (χ2n) is 2.68. The van der Waals surface area contributed by atoms with Gasteiger partial charge in [0, 0.05) is 13.1 Å². The van der Waals surface area contributed by atoms with Crippen molar-refractivity contribution < 1.29 is 4.79 Å². The van der Waals surface area contributed by atoms with Gasteiger partial charge < -0.3 is 16.4 Å². The average Bonchev–Trinajstić information content (AvgIpc) is 2.09. The molecule has 2 amide bonds. The first kappa shape index (κ1) is 11.2. The Kier molecular flexibility index (Phi) is 7.79. The first-order valence-corrected chi connectivity index (χ1v) is 4.53. The predicted octanol–water partition coefficient (Wildman–Crippen LogP) is 0.435. The molecule has 0 aromatic carbocycles. The lowest BCUT2D eigenvalue weighted by Gasteiger charge is -2.05. The van der Waals surface area contributed by atoms with Gasteiger partial charge in [-0.25, -0.2) is 4.79 Å². The van der Waals surface area contributed by atoms with Crippen LogP contribution in [0.2, 0.25) is 0 Å². The first-order valence-electron chi connectivity index (χ1n) is 4.53. The third-order valence-corrected chi connectivity index (χ3v) is 1.45. The molecule has 0 atom stereocenters. The van der Waals surface area contributed by atoms with E-state index in [1.165, 1.54) is 0 Å². The van der Waals surface area contributed by atoms with Crippen molar-refractivity contribution in [2.45, 2.75) is 26.2 Å². The Balaban J connectivity index is 3.08. The van der Waals surface area contributed by atoms with E-state index in [1.54, 1.807) is 0 Å². The summed E-state index contributed by atoms with van der Waals surface area (Å²) < 4.78 is 0. The normalized spacial score (nSPS) is 9.50. The van der Waals surface area contributed by atoms with Gasteiger partial charge in [0.05, 0.1) is 0 Å². The van der Waals surface area contributed by atoms with Gasteiger partial charge in [-0.1, -0.05) is 6.92 Å². The molecule has 0 aromatic rings. The largest absolute Gasteiger partial charge is 0.338 e. The molecule has 0 saturated carbocycles. The maximum absolute atomic E-state index is 10.9. The maximum atomic E-state index is 10.9. The van der Waals surface area contributed by atoms with E-state index in [0.29, 0.717) is 13.1 Å². The molecule has 0 aliphatic heterocycles. The molecule has 0 unspecified atom stereocenters. The molecule has 0 aliphatic carbocycles. The summed E-state index contributed by atoms with van der Waals surface area (Å²) in [6, 6.07) is -0.0751. The average molecular weight is 173 g/mol. The number of carbonyl (C=O) groups is 1. The number of carbonyl (C=O) groups excluding carboxylic acids is 1. The van der Waals surface area contributed by atoms with Crippen molar-refractivity contribution in [2.75, 3.05) is 19.6 Å². The van der Waals surface area contributed by atoms with Crippen LogP contribution < -0.4 is 16.4 Å². The summed E-state index contributed by atoms with van der Waals surface area (Å²) >= 11 is 0. The van der Waals surface area contributed by atoms with E-state index in [4.69, 9.17) is 5.73 Å². The molecule has 0 rings (SSSR count). The molecule has 0 saturated heterocycles. The fourth-order valence-corrected chi connectivity index (χ4v) is 0.772. The lowest BCUT2D eigenvalue weighted by Crippen LogP contribution is -2.36. The topological polar surface area (TPSA) is 67.2 Å². The highest BCUT2D eigenvalue weighted by Crippen LogP contribution is 1.81. The minimum Gasteiger partial charge on any atom is -0.338 e. The summed E-state index contributed by atoms with van der Waals surface area (Å²) in [6.45, 7) is 4.17. The van der Waals surface area contributed by atoms with Gasteiger partial charge >= 0.3 is 6.03 Å². The molecule has 4 nitrogen and oxygen atoms in total. The fraction of sp³-hybridized carbons (Fsp3) is 0.875. The van der Waals surface area contributed by atoms with E-state index >= 15 is 0 Å². The lowest BCUT2D eigenvalue weighted by molar-refractivity contribution is 0.240. The highest BCUT2D eigenvalue weighted by Gasteiger charge is 1.95. The first-order chi connectivity index (χ1) is 5.81. The molecular formula is C8H19N3O. The molecule has 0 aromatic heterocycles. The molecular weight excluding hydrogens is 154 g/mol. The highest BCUT2D eigenvalue weighted by molar-refractivity contribution is 5.73. The molecule has 0 radical (unpaired) electrons. The number of nitrogens with one attached hydrogen (secondary N) is 2. The number of nitrogens with two attached hydrogens (primary N) is 1. The molecule has 0 aliphatic rings. The van der Waals surface area contributed by atoms with Gasteiger partial charge in [-0.2, -0.15) is 0 Å². The second kappa shape index (κ2) is 8.33. The van der Waals surface area contributed by atoms with Crippen molar-refractivity contribution in [3.63, 3.8) is 0 Å². The van der Waals surface area contributed by atoms with Crippen LogP contribution in [0.1, 0.15) is 26.2 Å². The van der Waals surface area contributed by atoms with Crippen molar-refractivity contribution in [1.29, 1.82) is 0 Å². The van der Waals surface area contributed by atoms with Gasteiger partial charge in [-0.15, -0.1) is 0 Å². The summed E-state index contributed by atoms with van der Waals surface area (Å²) in [7, 11) is 0. The summed E-state index contributed by atoms with van der Waals surface area (Å²) in [6.07, 6.45) is 2.89. The van der Waals surface area contributed by atoms with Crippen LogP contribution in [0.25, 0.3) is 0 Å². The summed E-state index contributed by atoms with van der Waals surface area (Å²) in [5.41, 5.74) is 5.30. The van der Waals surface area contributed by atoms with Crippen LogP contribution in [0.15, 0.2) is 0 Å². The third-order valence-electron chi connectivity index (χ3n) is 1.45. The van der Waals surface area contributed by atoms with Crippen molar-refractivity contribution in [3.05, 3.63) is 0 Å². The Morgan fingerprint density at radius 1 is 1.25 bits per heavy atom. The summed E-state index contributed by atoms with van der Waals surface area (Å²) in [4.78, 5) is 10.9. The minimum atomic E-state index is -0.0751. The number of hydrogen-bond donors (Lipinski definition) is 3.